The average molecular weight is 475 g/mol. The summed E-state index contributed by atoms with van der Waals surface area (Å²) < 4.78 is 42.6. The van der Waals surface area contributed by atoms with Gasteiger partial charge in [0.1, 0.15) is 11.7 Å². The van der Waals surface area contributed by atoms with E-state index < -0.39 is 24.5 Å². The summed E-state index contributed by atoms with van der Waals surface area (Å²) in [6, 6.07) is 15.7. The van der Waals surface area contributed by atoms with Crippen LogP contribution in [0.2, 0.25) is 5.15 Å². The van der Waals surface area contributed by atoms with Crippen LogP contribution in [0, 0.1) is 6.92 Å². The highest BCUT2D eigenvalue weighted by atomic mass is 35.5. The first kappa shape index (κ1) is 22.5. The van der Waals surface area contributed by atoms with Crippen molar-refractivity contribution >= 4 is 34.8 Å². The quantitative estimate of drug-likeness (QED) is 0.332. The Bertz CT molecular complexity index is 1330. The average Bonchev–Trinajstić information content (AvgIpc) is 3.27. The number of nitrogens with one attached hydrogen (secondary N) is 1. The molecule has 0 aliphatic carbocycles. The lowest BCUT2D eigenvalue weighted by Crippen LogP contribution is -2.26. The van der Waals surface area contributed by atoms with Gasteiger partial charge in [-0.05, 0) is 24.6 Å². The SMILES string of the molecule is Cc1nn(Cc2ccccc2)c(Cl)c1C=NNC(=O)Cn1c(C(F)(F)F)nc2ccccc21. The van der Waals surface area contributed by atoms with E-state index in [2.05, 4.69) is 20.6 Å². The molecule has 0 aliphatic heterocycles. The fraction of sp³-hybridized carbons (Fsp3) is 0.182. The largest absolute Gasteiger partial charge is 0.449 e. The first-order chi connectivity index (χ1) is 15.7. The zero-order chi connectivity index (χ0) is 23.6. The summed E-state index contributed by atoms with van der Waals surface area (Å²) in [6.07, 6.45) is -3.39. The van der Waals surface area contributed by atoms with E-state index >= 15 is 0 Å². The number of aromatic nitrogens is 4. The topological polar surface area (TPSA) is 77.1 Å². The van der Waals surface area contributed by atoms with Gasteiger partial charge in [0.15, 0.2) is 0 Å². The van der Waals surface area contributed by atoms with Gasteiger partial charge >= 0.3 is 6.18 Å². The Kier molecular flexibility index (Phi) is 6.19. The maximum absolute atomic E-state index is 13.4. The maximum atomic E-state index is 13.4. The van der Waals surface area contributed by atoms with Crippen molar-refractivity contribution < 1.29 is 18.0 Å². The van der Waals surface area contributed by atoms with Crippen molar-refractivity contribution in [1.29, 1.82) is 0 Å². The summed E-state index contributed by atoms with van der Waals surface area (Å²) in [7, 11) is 0. The predicted octanol–water partition coefficient (Wildman–Crippen LogP) is 4.41. The van der Waals surface area contributed by atoms with E-state index in [-0.39, 0.29) is 11.0 Å². The number of halogens is 4. The molecule has 2 aromatic heterocycles. The molecule has 0 aliphatic rings. The first-order valence-corrected chi connectivity index (χ1v) is 10.2. The molecule has 170 valence electrons. The molecule has 11 heteroatoms. The molecule has 0 bridgehead atoms. The van der Waals surface area contributed by atoms with Crippen molar-refractivity contribution in [1.82, 2.24) is 24.8 Å². The molecule has 1 amide bonds. The van der Waals surface area contributed by atoms with E-state index in [0.29, 0.717) is 23.0 Å². The Labute approximate surface area is 191 Å². The van der Waals surface area contributed by atoms with Crippen LogP contribution in [0.4, 0.5) is 13.2 Å². The lowest BCUT2D eigenvalue weighted by atomic mass is 10.2. The minimum absolute atomic E-state index is 0.148. The molecular formula is C22H18ClF3N6O. The fourth-order valence-electron chi connectivity index (χ4n) is 3.37. The number of para-hydroxylation sites is 2. The van der Waals surface area contributed by atoms with Crippen molar-refractivity contribution in [2.45, 2.75) is 26.2 Å². The number of alkyl halides is 3. The zero-order valence-corrected chi connectivity index (χ0v) is 18.1. The Morgan fingerprint density at radius 2 is 1.85 bits per heavy atom. The number of hydrogen-bond acceptors (Lipinski definition) is 4. The molecule has 0 radical (unpaired) electrons. The van der Waals surface area contributed by atoms with Crippen molar-refractivity contribution in [2.24, 2.45) is 5.10 Å². The molecule has 0 saturated carbocycles. The highest BCUT2D eigenvalue weighted by molar-refractivity contribution is 6.32. The second-order valence-electron chi connectivity index (χ2n) is 7.23. The van der Waals surface area contributed by atoms with Gasteiger partial charge in [0.2, 0.25) is 5.82 Å². The lowest BCUT2D eigenvalue weighted by Gasteiger charge is -2.10. The second-order valence-corrected chi connectivity index (χ2v) is 7.59. The third-order valence-corrected chi connectivity index (χ3v) is 5.28. The zero-order valence-electron chi connectivity index (χ0n) is 17.3. The number of imidazole rings is 1. The fourth-order valence-corrected chi connectivity index (χ4v) is 3.66. The van der Waals surface area contributed by atoms with E-state index in [0.717, 1.165) is 10.1 Å². The van der Waals surface area contributed by atoms with Gasteiger partial charge in [0.05, 0.1) is 35.1 Å². The number of amides is 1. The van der Waals surface area contributed by atoms with E-state index in [1.54, 1.807) is 23.7 Å². The first-order valence-electron chi connectivity index (χ1n) is 9.85. The minimum Gasteiger partial charge on any atom is -0.311 e. The molecule has 0 unspecified atom stereocenters. The molecule has 2 aromatic carbocycles. The van der Waals surface area contributed by atoms with Gasteiger partial charge < -0.3 is 4.57 Å². The van der Waals surface area contributed by atoms with Crippen LogP contribution in [0.5, 0.6) is 0 Å². The van der Waals surface area contributed by atoms with Crippen LogP contribution in [0.3, 0.4) is 0 Å². The van der Waals surface area contributed by atoms with Gasteiger partial charge in [0, 0.05) is 0 Å². The number of benzene rings is 2. The summed E-state index contributed by atoms with van der Waals surface area (Å²) in [4.78, 5) is 16.0. The Hall–Kier alpha value is -3.66. The summed E-state index contributed by atoms with van der Waals surface area (Å²) in [6.45, 7) is 1.59. The van der Waals surface area contributed by atoms with Crippen LogP contribution in [0.1, 0.15) is 22.6 Å². The molecule has 0 spiro atoms. The van der Waals surface area contributed by atoms with Crippen molar-refractivity contribution in [3.05, 3.63) is 82.4 Å². The molecule has 1 N–H and O–H groups in total. The molecular weight excluding hydrogens is 457 g/mol. The summed E-state index contributed by atoms with van der Waals surface area (Å²) in [5, 5.41) is 8.57. The summed E-state index contributed by atoms with van der Waals surface area (Å²) >= 11 is 6.41. The third kappa shape index (κ3) is 4.90. The van der Waals surface area contributed by atoms with Crippen LogP contribution in [-0.2, 0) is 24.1 Å². The van der Waals surface area contributed by atoms with E-state index in [4.69, 9.17) is 11.6 Å². The normalized spacial score (nSPS) is 12.0. The standard InChI is InChI=1S/C22H18ClF3N6O/c1-14-16(20(23)32(30-14)12-15-7-3-2-4-8-15)11-27-29-19(33)13-31-18-10-6-5-9-17(18)28-21(31)22(24,25)26/h2-11H,12-13H2,1H3,(H,29,33). The molecule has 4 aromatic rings. The second kappa shape index (κ2) is 9.07. The molecule has 0 fully saturated rings. The van der Waals surface area contributed by atoms with Gasteiger partial charge in [-0.1, -0.05) is 54.1 Å². The number of fused-ring (bicyclic) bond motifs is 1. The van der Waals surface area contributed by atoms with Gasteiger partial charge in [-0.2, -0.15) is 23.4 Å². The lowest BCUT2D eigenvalue weighted by molar-refractivity contribution is -0.147. The highest BCUT2D eigenvalue weighted by Crippen LogP contribution is 2.31. The van der Waals surface area contributed by atoms with Crippen molar-refractivity contribution in [2.75, 3.05) is 0 Å². The summed E-state index contributed by atoms with van der Waals surface area (Å²) in [5.74, 6) is -1.89. The van der Waals surface area contributed by atoms with Gasteiger partial charge in [-0.3, -0.25) is 4.79 Å². The number of aryl methyl sites for hydroxylation is 1. The van der Waals surface area contributed by atoms with Crippen molar-refractivity contribution in [3.63, 3.8) is 0 Å². The summed E-state index contributed by atoms with van der Waals surface area (Å²) in [5.41, 5.74) is 4.69. The van der Waals surface area contributed by atoms with Gasteiger partial charge in [-0.15, -0.1) is 0 Å². The molecule has 33 heavy (non-hydrogen) atoms. The minimum atomic E-state index is -4.71. The number of carbonyl (C=O) groups is 1. The maximum Gasteiger partial charge on any atom is 0.449 e. The number of rotatable bonds is 6. The number of hydrogen-bond donors (Lipinski definition) is 1. The van der Waals surface area contributed by atoms with Crippen LogP contribution < -0.4 is 5.43 Å². The van der Waals surface area contributed by atoms with E-state index in [9.17, 15) is 18.0 Å². The predicted molar refractivity (Wildman–Crippen MR) is 118 cm³/mol. The van der Waals surface area contributed by atoms with Crippen LogP contribution in [0.15, 0.2) is 59.7 Å². The van der Waals surface area contributed by atoms with Crippen molar-refractivity contribution in [3.8, 4) is 0 Å². The van der Waals surface area contributed by atoms with Gasteiger partial charge in [0.25, 0.3) is 5.91 Å². The third-order valence-electron chi connectivity index (χ3n) is 4.88. The number of carbonyl (C=O) groups excluding carboxylic acids is 1. The molecule has 0 saturated heterocycles. The molecule has 2 heterocycles. The van der Waals surface area contributed by atoms with E-state index in [1.807, 2.05) is 30.3 Å². The van der Waals surface area contributed by atoms with Crippen LogP contribution in [-0.4, -0.2) is 31.5 Å². The number of hydrazone groups is 1. The van der Waals surface area contributed by atoms with Crippen LogP contribution >= 0.6 is 11.6 Å². The van der Waals surface area contributed by atoms with Crippen LogP contribution in [0.25, 0.3) is 11.0 Å². The Balaban J connectivity index is 1.49. The Morgan fingerprint density at radius 3 is 2.58 bits per heavy atom. The smallest absolute Gasteiger partial charge is 0.311 e. The number of nitrogens with zero attached hydrogens (tertiary/aromatic N) is 5. The molecule has 0 atom stereocenters. The molecule has 7 nitrogen and oxygen atoms in total. The monoisotopic (exact) mass is 474 g/mol. The Morgan fingerprint density at radius 1 is 1.15 bits per heavy atom. The van der Waals surface area contributed by atoms with E-state index in [1.165, 1.54) is 18.3 Å². The molecule has 4 rings (SSSR count). The highest BCUT2D eigenvalue weighted by Gasteiger charge is 2.38. The van der Waals surface area contributed by atoms with Gasteiger partial charge in [-0.25, -0.2) is 15.1 Å².